The van der Waals surface area contributed by atoms with E-state index in [1.165, 1.54) is 12.1 Å². The largest absolute Gasteiger partial charge is 0.460 e. The van der Waals surface area contributed by atoms with E-state index in [1.54, 1.807) is 0 Å². The molecule has 0 aliphatic carbocycles. The summed E-state index contributed by atoms with van der Waals surface area (Å²) >= 11 is 5.73. The lowest BCUT2D eigenvalue weighted by Crippen LogP contribution is -2.11. The number of benzene rings is 1. The van der Waals surface area contributed by atoms with Crippen LogP contribution in [0.4, 0.5) is 0 Å². The summed E-state index contributed by atoms with van der Waals surface area (Å²) in [6.45, 7) is 3.05. The molecule has 0 aliphatic heterocycles. The van der Waals surface area contributed by atoms with E-state index in [1.807, 2.05) is 6.92 Å². The number of halogens is 2. The van der Waals surface area contributed by atoms with E-state index in [9.17, 15) is 13.2 Å². The zero-order valence-electron chi connectivity index (χ0n) is 11.5. The molecule has 8 heteroatoms. The van der Waals surface area contributed by atoms with E-state index < -0.39 is 15.0 Å². The van der Waals surface area contributed by atoms with Crippen LogP contribution in [0.1, 0.15) is 30.1 Å². The predicted octanol–water partition coefficient (Wildman–Crippen LogP) is 3.24. The van der Waals surface area contributed by atoms with Gasteiger partial charge in [-0.05, 0) is 24.6 Å². The Bertz CT molecular complexity index is 586. The van der Waals surface area contributed by atoms with Gasteiger partial charge in [-0.2, -0.15) is 0 Å². The number of hydrogen-bond donors (Lipinski definition) is 0. The maximum absolute atomic E-state index is 11.8. The van der Waals surface area contributed by atoms with Crippen molar-refractivity contribution in [1.29, 1.82) is 0 Å². The highest BCUT2D eigenvalue weighted by Gasteiger charge is 2.18. The minimum atomic E-state index is -4.02. The lowest BCUT2D eigenvalue weighted by atomic mass is 10.2. The summed E-state index contributed by atoms with van der Waals surface area (Å²) in [4.78, 5) is 11.4. The van der Waals surface area contributed by atoms with E-state index in [0.29, 0.717) is 13.2 Å². The van der Waals surface area contributed by atoms with Gasteiger partial charge in [-0.3, -0.25) is 0 Å². The molecule has 118 valence electrons. The zero-order valence-corrected chi connectivity index (χ0v) is 13.8. The third-order valence-corrected chi connectivity index (χ3v) is 4.34. The van der Waals surface area contributed by atoms with E-state index in [2.05, 4.69) is 0 Å². The van der Waals surface area contributed by atoms with Crippen molar-refractivity contribution in [1.82, 2.24) is 0 Å². The smallest absolute Gasteiger partial charge is 0.338 e. The molecule has 0 aliphatic rings. The molecular weight excluding hydrogens is 339 g/mol. The third-order valence-electron chi connectivity index (χ3n) is 2.53. The first-order valence-electron chi connectivity index (χ1n) is 6.35. The van der Waals surface area contributed by atoms with Gasteiger partial charge >= 0.3 is 5.97 Å². The van der Waals surface area contributed by atoms with E-state index in [-0.39, 0.29) is 22.1 Å². The van der Waals surface area contributed by atoms with E-state index >= 15 is 0 Å². The molecule has 0 bridgehead atoms. The van der Waals surface area contributed by atoms with Crippen molar-refractivity contribution in [2.75, 3.05) is 19.8 Å². The Morgan fingerprint density at radius 1 is 1.24 bits per heavy atom. The average molecular weight is 355 g/mol. The summed E-state index contributed by atoms with van der Waals surface area (Å²) in [5.74, 6) is -0.660. The van der Waals surface area contributed by atoms with Crippen LogP contribution in [0, 0.1) is 0 Å². The van der Waals surface area contributed by atoms with Gasteiger partial charge in [0.15, 0.2) is 0 Å². The van der Waals surface area contributed by atoms with Crippen molar-refractivity contribution in [3.8, 4) is 0 Å². The fourth-order valence-electron chi connectivity index (χ4n) is 1.44. The third kappa shape index (κ3) is 6.22. The fraction of sp³-hybridized carbons (Fsp3) is 0.462. The van der Waals surface area contributed by atoms with Crippen LogP contribution < -0.4 is 0 Å². The second kappa shape index (κ2) is 8.58. The molecule has 0 N–H and O–H groups in total. The first kappa shape index (κ1) is 18.2. The molecule has 0 atom stereocenters. The number of hydrogen-bond acceptors (Lipinski definition) is 5. The second-order valence-corrected chi connectivity index (χ2v) is 7.13. The topological polar surface area (TPSA) is 69.7 Å². The average Bonchev–Trinajstić information content (AvgIpc) is 2.41. The Hall–Kier alpha value is -0.820. The number of unbranched alkanes of at least 4 members (excludes halogenated alkanes) is 1. The van der Waals surface area contributed by atoms with Crippen molar-refractivity contribution >= 4 is 37.3 Å². The number of rotatable bonds is 8. The van der Waals surface area contributed by atoms with Gasteiger partial charge < -0.3 is 9.47 Å². The maximum atomic E-state index is 11.8. The molecule has 1 aromatic carbocycles. The van der Waals surface area contributed by atoms with Gasteiger partial charge in [0.2, 0.25) is 0 Å². The molecule has 1 rings (SSSR count). The van der Waals surface area contributed by atoms with Gasteiger partial charge in [-0.15, -0.1) is 0 Å². The van der Waals surface area contributed by atoms with Crippen molar-refractivity contribution in [3.05, 3.63) is 28.8 Å². The van der Waals surface area contributed by atoms with Crippen LogP contribution >= 0.6 is 22.3 Å². The van der Waals surface area contributed by atoms with Gasteiger partial charge in [-0.25, -0.2) is 13.2 Å². The van der Waals surface area contributed by atoms with Crippen LogP contribution in [0.3, 0.4) is 0 Å². The number of esters is 1. The summed E-state index contributed by atoms with van der Waals surface area (Å²) in [7, 11) is 1.21. The zero-order chi connectivity index (χ0) is 15.9. The predicted molar refractivity (Wildman–Crippen MR) is 80.5 cm³/mol. The second-order valence-electron chi connectivity index (χ2n) is 4.18. The Labute approximate surface area is 133 Å². The molecule has 0 aromatic heterocycles. The van der Waals surface area contributed by atoms with Crippen LogP contribution in [-0.2, 0) is 18.5 Å². The van der Waals surface area contributed by atoms with Crippen LogP contribution in [0.25, 0.3) is 0 Å². The standard InChI is InChI=1S/C13H16Cl2O5S/c1-2-3-6-19-7-8-20-13(16)10-4-5-11(14)12(9-10)21(15,17)18/h4-5,9H,2-3,6-8H2,1H3. The monoisotopic (exact) mass is 354 g/mol. The Kier molecular flexibility index (Phi) is 7.45. The molecule has 0 fully saturated rings. The van der Waals surface area contributed by atoms with Crippen molar-refractivity contribution in [2.45, 2.75) is 24.7 Å². The quantitative estimate of drug-likeness (QED) is 0.407. The summed E-state index contributed by atoms with van der Waals surface area (Å²) in [6, 6.07) is 3.74. The highest BCUT2D eigenvalue weighted by atomic mass is 35.7. The fourth-order valence-corrected chi connectivity index (χ4v) is 2.93. The van der Waals surface area contributed by atoms with Gasteiger partial charge in [-0.1, -0.05) is 24.9 Å². The highest BCUT2D eigenvalue weighted by molar-refractivity contribution is 8.13. The Morgan fingerprint density at radius 2 is 1.95 bits per heavy atom. The summed E-state index contributed by atoms with van der Waals surface area (Å²) < 4.78 is 32.8. The number of carbonyl (C=O) groups excluding carboxylic acids is 1. The van der Waals surface area contributed by atoms with Crippen LogP contribution in [0.5, 0.6) is 0 Å². The van der Waals surface area contributed by atoms with Gasteiger partial charge in [0.1, 0.15) is 11.5 Å². The number of ether oxygens (including phenoxy) is 2. The molecule has 21 heavy (non-hydrogen) atoms. The summed E-state index contributed by atoms with van der Waals surface area (Å²) in [5, 5.41) is -0.0514. The lowest BCUT2D eigenvalue weighted by molar-refractivity contribution is 0.0313. The lowest BCUT2D eigenvalue weighted by Gasteiger charge is -2.07. The first-order valence-corrected chi connectivity index (χ1v) is 9.04. The van der Waals surface area contributed by atoms with Gasteiger partial charge in [0.25, 0.3) is 9.05 Å². The van der Waals surface area contributed by atoms with Crippen LogP contribution in [0.2, 0.25) is 5.02 Å². The molecule has 5 nitrogen and oxygen atoms in total. The van der Waals surface area contributed by atoms with Crippen molar-refractivity contribution < 1.29 is 22.7 Å². The van der Waals surface area contributed by atoms with E-state index in [0.717, 1.165) is 18.9 Å². The molecule has 1 aromatic rings. The molecule has 0 saturated carbocycles. The molecule has 0 amide bonds. The Balaban J connectivity index is 2.59. The Morgan fingerprint density at radius 3 is 2.57 bits per heavy atom. The summed E-state index contributed by atoms with van der Waals surface area (Å²) in [6.07, 6.45) is 1.97. The van der Waals surface area contributed by atoms with Gasteiger partial charge in [0.05, 0.1) is 17.2 Å². The van der Waals surface area contributed by atoms with Crippen molar-refractivity contribution in [2.24, 2.45) is 0 Å². The van der Waals surface area contributed by atoms with Crippen LogP contribution in [-0.4, -0.2) is 34.2 Å². The normalized spacial score (nSPS) is 11.4. The van der Waals surface area contributed by atoms with Crippen LogP contribution in [0.15, 0.2) is 23.1 Å². The van der Waals surface area contributed by atoms with E-state index in [4.69, 9.17) is 31.8 Å². The minimum absolute atomic E-state index is 0.0514. The molecule has 0 radical (unpaired) electrons. The molecular formula is C13H16Cl2O5S. The molecule has 0 heterocycles. The highest BCUT2D eigenvalue weighted by Crippen LogP contribution is 2.25. The van der Waals surface area contributed by atoms with Crippen molar-refractivity contribution in [3.63, 3.8) is 0 Å². The minimum Gasteiger partial charge on any atom is -0.460 e. The SMILES string of the molecule is CCCCOCCOC(=O)c1ccc(Cl)c(S(=O)(=O)Cl)c1. The molecule has 0 spiro atoms. The number of carbonyl (C=O) groups is 1. The van der Waals surface area contributed by atoms with Gasteiger partial charge in [0, 0.05) is 17.3 Å². The first-order chi connectivity index (χ1) is 9.86. The molecule has 0 unspecified atom stereocenters. The maximum Gasteiger partial charge on any atom is 0.338 e. The summed E-state index contributed by atoms with van der Waals surface area (Å²) in [5.41, 5.74) is 0.0622. The molecule has 0 saturated heterocycles.